The van der Waals surface area contributed by atoms with Gasteiger partial charge in [0.25, 0.3) is 0 Å². The number of aryl methyl sites for hydroxylation is 1. The smallest absolute Gasteiger partial charge is 0.190 e. The molecule has 0 aliphatic carbocycles. The lowest BCUT2D eigenvalue weighted by molar-refractivity contribution is 0.318. The van der Waals surface area contributed by atoms with Gasteiger partial charge in [-0.2, -0.15) is 0 Å². The number of hydrogen-bond acceptors (Lipinski definition) is 5. The third-order valence-electron chi connectivity index (χ3n) is 2.77. The molecule has 0 aliphatic rings. The third-order valence-corrected chi connectivity index (χ3v) is 2.77. The van der Waals surface area contributed by atoms with Crippen LogP contribution in [-0.4, -0.2) is 28.1 Å². The Hall–Kier alpha value is -2.63. The summed E-state index contributed by atoms with van der Waals surface area (Å²) in [5.41, 5.74) is 7.98. The van der Waals surface area contributed by atoms with E-state index in [1.807, 2.05) is 43.1 Å². The predicted molar refractivity (Wildman–Crippen MR) is 73.8 cm³/mol. The largest absolute Gasteiger partial charge is 0.409 e. The summed E-state index contributed by atoms with van der Waals surface area (Å²) in [5, 5.41) is 11.4. The zero-order valence-corrected chi connectivity index (χ0v) is 10.8. The molecule has 0 amide bonds. The van der Waals surface area contributed by atoms with Crippen LogP contribution in [-0.2, 0) is 0 Å². The lowest BCUT2D eigenvalue weighted by atomic mass is 10.2. The van der Waals surface area contributed by atoms with Gasteiger partial charge < -0.3 is 15.8 Å². The fourth-order valence-corrected chi connectivity index (χ4v) is 1.58. The maximum absolute atomic E-state index is 8.56. The van der Waals surface area contributed by atoms with E-state index < -0.39 is 0 Å². The Morgan fingerprint density at radius 1 is 1.21 bits per heavy atom. The number of hydrogen-bond donors (Lipinski definition) is 2. The number of oxime groups is 1. The van der Waals surface area contributed by atoms with E-state index in [4.69, 9.17) is 10.9 Å². The molecule has 98 valence electrons. The molecule has 1 aromatic heterocycles. The Balaban J connectivity index is 2.24. The second kappa shape index (κ2) is 5.34. The summed E-state index contributed by atoms with van der Waals surface area (Å²) < 4.78 is 0. The van der Waals surface area contributed by atoms with Crippen LogP contribution in [0.4, 0.5) is 11.5 Å². The van der Waals surface area contributed by atoms with Gasteiger partial charge in [-0.25, -0.2) is 9.97 Å². The summed E-state index contributed by atoms with van der Waals surface area (Å²) in [6, 6.07) is 8.08. The molecule has 2 rings (SSSR count). The van der Waals surface area contributed by atoms with Gasteiger partial charge in [0.15, 0.2) is 11.7 Å². The number of aromatic nitrogens is 2. The van der Waals surface area contributed by atoms with Gasteiger partial charge in [-0.05, 0) is 19.1 Å². The highest BCUT2D eigenvalue weighted by molar-refractivity contribution is 5.94. The molecule has 0 unspecified atom stereocenters. The van der Waals surface area contributed by atoms with Gasteiger partial charge in [-0.15, -0.1) is 0 Å². The molecular formula is C13H15N5O. The maximum atomic E-state index is 8.56. The van der Waals surface area contributed by atoms with Crippen LogP contribution in [0.3, 0.4) is 0 Å². The molecule has 0 aliphatic heterocycles. The van der Waals surface area contributed by atoms with Crippen LogP contribution in [0.15, 0.2) is 41.8 Å². The van der Waals surface area contributed by atoms with Crippen molar-refractivity contribution in [3.63, 3.8) is 0 Å². The molecule has 0 radical (unpaired) electrons. The SMILES string of the molecule is Cc1ccc(N(C)c2cnc(C(N)=NO)cn2)cc1. The molecule has 6 heteroatoms. The summed E-state index contributed by atoms with van der Waals surface area (Å²) in [6.45, 7) is 2.04. The topological polar surface area (TPSA) is 87.6 Å². The lowest BCUT2D eigenvalue weighted by Gasteiger charge is -2.18. The van der Waals surface area contributed by atoms with Crippen molar-refractivity contribution >= 4 is 17.3 Å². The lowest BCUT2D eigenvalue weighted by Crippen LogP contribution is -2.17. The standard InChI is InChI=1S/C13H15N5O/c1-9-3-5-10(6-4-9)18(2)12-8-15-11(7-16-12)13(14)17-19/h3-8,19H,1-2H3,(H2,14,17). The highest BCUT2D eigenvalue weighted by Crippen LogP contribution is 2.20. The van der Waals surface area contributed by atoms with Crippen molar-refractivity contribution in [3.8, 4) is 0 Å². The number of rotatable bonds is 3. The van der Waals surface area contributed by atoms with Gasteiger partial charge in [0, 0.05) is 12.7 Å². The van der Waals surface area contributed by atoms with E-state index in [0.717, 1.165) is 5.69 Å². The van der Waals surface area contributed by atoms with Crippen molar-refractivity contribution < 1.29 is 5.21 Å². The Bertz CT molecular complexity index is 577. The molecule has 0 bridgehead atoms. The average molecular weight is 257 g/mol. The van der Waals surface area contributed by atoms with Crippen molar-refractivity contribution in [1.82, 2.24) is 9.97 Å². The first-order valence-corrected chi connectivity index (χ1v) is 5.72. The molecule has 0 saturated carbocycles. The highest BCUT2D eigenvalue weighted by Gasteiger charge is 2.07. The van der Waals surface area contributed by atoms with Crippen LogP contribution >= 0.6 is 0 Å². The quantitative estimate of drug-likeness (QED) is 0.378. The van der Waals surface area contributed by atoms with Crippen LogP contribution in [0.1, 0.15) is 11.3 Å². The van der Waals surface area contributed by atoms with Crippen molar-refractivity contribution in [1.29, 1.82) is 0 Å². The van der Waals surface area contributed by atoms with Crippen LogP contribution in [0.2, 0.25) is 0 Å². The first-order chi connectivity index (χ1) is 9.11. The van der Waals surface area contributed by atoms with E-state index in [1.54, 1.807) is 6.20 Å². The summed E-state index contributed by atoms with van der Waals surface area (Å²) in [4.78, 5) is 10.2. The molecule has 0 atom stereocenters. The normalized spacial score (nSPS) is 11.4. The van der Waals surface area contributed by atoms with Gasteiger partial charge >= 0.3 is 0 Å². The second-order valence-electron chi connectivity index (χ2n) is 4.14. The molecule has 0 saturated heterocycles. The van der Waals surface area contributed by atoms with Crippen LogP contribution in [0.25, 0.3) is 0 Å². The number of nitrogens with two attached hydrogens (primary N) is 1. The Labute approximate surface area is 111 Å². The molecule has 19 heavy (non-hydrogen) atoms. The monoisotopic (exact) mass is 257 g/mol. The minimum absolute atomic E-state index is 0.0583. The minimum Gasteiger partial charge on any atom is -0.409 e. The molecule has 0 spiro atoms. The van der Waals surface area contributed by atoms with Gasteiger partial charge in [-0.3, -0.25) is 0 Å². The van der Waals surface area contributed by atoms with E-state index in [2.05, 4.69) is 15.1 Å². The summed E-state index contributed by atoms with van der Waals surface area (Å²) >= 11 is 0. The fourth-order valence-electron chi connectivity index (χ4n) is 1.58. The zero-order chi connectivity index (χ0) is 13.8. The average Bonchev–Trinajstić information content (AvgIpc) is 2.46. The summed E-state index contributed by atoms with van der Waals surface area (Å²) in [6.07, 6.45) is 3.04. The second-order valence-corrected chi connectivity index (χ2v) is 4.14. The van der Waals surface area contributed by atoms with E-state index in [0.29, 0.717) is 11.5 Å². The number of anilines is 2. The van der Waals surface area contributed by atoms with Gasteiger partial charge in [0.2, 0.25) is 0 Å². The number of amidine groups is 1. The van der Waals surface area contributed by atoms with E-state index in [1.165, 1.54) is 11.8 Å². The molecule has 6 nitrogen and oxygen atoms in total. The number of nitrogens with zero attached hydrogens (tertiary/aromatic N) is 4. The van der Waals surface area contributed by atoms with Crippen LogP contribution < -0.4 is 10.6 Å². The predicted octanol–water partition coefficient (Wildman–Crippen LogP) is 1.65. The van der Waals surface area contributed by atoms with Crippen molar-refractivity contribution in [2.24, 2.45) is 10.9 Å². The van der Waals surface area contributed by atoms with E-state index >= 15 is 0 Å². The van der Waals surface area contributed by atoms with Gasteiger partial charge in [0.1, 0.15) is 5.69 Å². The van der Waals surface area contributed by atoms with Crippen molar-refractivity contribution in [2.45, 2.75) is 6.92 Å². The van der Waals surface area contributed by atoms with E-state index in [9.17, 15) is 0 Å². The third kappa shape index (κ3) is 2.79. The first-order valence-electron chi connectivity index (χ1n) is 5.72. The molecule has 1 heterocycles. The van der Waals surface area contributed by atoms with Crippen LogP contribution in [0.5, 0.6) is 0 Å². The fraction of sp³-hybridized carbons (Fsp3) is 0.154. The minimum atomic E-state index is -0.0583. The Kier molecular flexibility index (Phi) is 3.61. The molecule has 0 fully saturated rings. The molecule has 2 aromatic rings. The van der Waals surface area contributed by atoms with Crippen molar-refractivity contribution in [3.05, 3.63) is 47.9 Å². The zero-order valence-electron chi connectivity index (χ0n) is 10.8. The first kappa shape index (κ1) is 12.8. The molecular weight excluding hydrogens is 242 g/mol. The van der Waals surface area contributed by atoms with Crippen molar-refractivity contribution in [2.75, 3.05) is 11.9 Å². The van der Waals surface area contributed by atoms with Crippen LogP contribution in [0, 0.1) is 6.92 Å². The summed E-state index contributed by atoms with van der Waals surface area (Å²) in [5.74, 6) is 0.621. The Morgan fingerprint density at radius 2 is 1.89 bits per heavy atom. The maximum Gasteiger partial charge on any atom is 0.190 e. The molecule has 1 aromatic carbocycles. The summed E-state index contributed by atoms with van der Waals surface area (Å²) in [7, 11) is 1.90. The Morgan fingerprint density at radius 3 is 2.42 bits per heavy atom. The van der Waals surface area contributed by atoms with E-state index in [-0.39, 0.29) is 5.84 Å². The van der Waals surface area contributed by atoms with Gasteiger partial charge in [0.05, 0.1) is 12.4 Å². The molecule has 3 N–H and O–H groups in total. The number of benzene rings is 1. The van der Waals surface area contributed by atoms with Gasteiger partial charge in [-0.1, -0.05) is 22.9 Å². The highest BCUT2D eigenvalue weighted by atomic mass is 16.4.